The number of hydrogen-bond acceptors (Lipinski definition) is 3. The Morgan fingerprint density at radius 1 is 1.07 bits per heavy atom. The van der Waals surface area contributed by atoms with Crippen molar-refractivity contribution in [3.05, 3.63) is 11.6 Å². The van der Waals surface area contributed by atoms with Crippen molar-refractivity contribution in [3.63, 3.8) is 0 Å². The van der Waals surface area contributed by atoms with Crippen molar-refractivity contribution in [3.8, 4) is 0 Å². The Bertz CT molecular complexity index is 667. The van der Waals surface area contributed by atoms with Crippen molar-refractivity contribution < 1.29 is 15.3 Å². The Morgan fingerprint density at radius 3 is 2.50 bits per heavy atom. The molecule has 0 aromatic carbocycles. The van der Waals surface area contributed by atoms with Gasteiger partial charge in [-0.15, -0.1) is 0 Å². The van der Waals surface area contributed by atoms with Gasteiger partial charge in [-0.05, 0) is 112 Å². The van der Waals surface area contributed by atoms with Crippen LogP contribution in [0.4, 0.5) is 0 Å². The van der Waals surface area contributed by atoms with Gasteiger partial charge in [0.15, 0.2) is 0 Å². The molecule has 4 rings (SSSR count). The first-order chi connectivity index (χ1) is 14.0. The van der Waals surface area contributed by atoms with E-state index < -0.39 is 11.7 Å². The first-order valence-electron chi connectivity index (χ1n) is 12.8. The number of hydrogen-bond donors (Lipinski definition) is 3. The largest absolute Gasteiger partial charge is 0.393 e. The molecule has 4 aliphatic carbocycles. The van der Waals surface area contributed by atoms with E-state index in [9.17, 15) is 15.3 Å². The highest BCUT2D eigenvalue weighted by Crippen LogP contribution is 2.67. The second-order valence-electron chi connectivity index (χ2n) is 12.5. The van der Waals surface area contributed by atoms with Crippen LogP contribution in [0.2, 0.25) is 0 Å². The number of allylic oxidation sites excluding steroid dienone is 1. The van der Waals surface area contributed by atoms with Gasteiger partial charge in [0.2, 0.25) is 0 Å². The molecular weight excluding hydrogens is 372 g/mol. The second-order valence-corrected chi connectivity index (χ2v) is 12.5. The third-order valence-corrected chi connectivity index (χ3v) is 10.5. The lowest BCUT2D eigenvalue weighted by Gasteiger charge is -2.59. The standard InChI is InChI=1S/C27H46O3/c1-17(2)6-11-24(29)27(5,30)23-10-9-21-20-8-7-18-16-19(28)12-14-25(18,3)22(20)13-15-26(21,23)4/h7,17,19-24,28-30H,6,8-16H2,1-5H3/t19?,20-,21-,22-,23-,24?,25-,26-,27-/m0/s1. The molecule has 30 heavy (non-hydrogen) atoms. The van der Waals surface area contributed by atoms with Crippen LogP contribution in [-0.4, -0.2) is 33.1 Å². The summed E-state index contributed by atoms with van der Waals surface area (Å²) in [6, 6.07) is 0. The van der Waals surface area contributed by atoms with E-state index in [2.05, 4.69) is 33.8 Å². The first-order valence-corrected chi connectivity index (χ1v) is 12.8. The Morgan fingerprint density at radius 2 is 1.80 bits per heavy atom. The van der Waals surface area contributed by atoms with Crippen LogP contribution in [0.5, 0.6) is 0 Å². The van der Waals surface area contributed by atoms with Crippen molar-refractivity contribution in [2.45, 2.75) is 117 Å². The van der Waals surface area contributed by atoms with Crippen LogP contribution >= 0.6 is 0 Å². The van der Waals surface area contributed by atoms with E-state index in [1.165, 1.54) is 24.8 Å². The fourth-order valence-corrected chi connectivity index (χ4v) is 8.62. The van der Waals surface area contributed by atoms with E-state index in [1.807, 2.05) is 6.92 Å². The summed E-state index contributed by atoms with van der Waals surface area (Å²) in [6.45, 7) is 11.2. The summed E-state index contributed by atoms with van der Waals surface area (Å²) in [5.41, 5.74) is 0.914. The summed E-state index contributed by atoms with van der Waals surface area (Å²) in [5.74, 6) is 2.80. The highest BCUT2D eigenvalue weighted by Gasteiger charge is 2.62. The molecule has 4 aliphatic rings. The van der Waals surface area contributed by atoms with Crippen LogP contribution in [-0.2, 0) is 0 Å². The average molecular weight is 419 g/mol. The number of rotatable bonds is 5. The molecule has 0 aromatic heterocycles. The molecular formula is C27H46O3. The Kier molecular flexibility index (Phi) is 5.99. The molecule has 0 saturated heterocycles. The monoisotopic (exact) mass is 418 g/mol. The normalized spacial score (nSPS) is 46.4. The summed E-state index contributed by atoms with van der Waals surface area (Å²) < 4.78 is 0. The van der Waals surface area contributed by atoms with Crippen LogP contribution in [0.25, 0.3) is 0 Å². The van der Waals surface area contributed by atoms with Crippen LogP contribution < -0.4 is 0 Å². The summed E-state index contributed by atoms with van der Waals surface area (Å²) in [7, 11) is 0. The smallest absolute Gasteiger partial charge is 0.0910 e. The molecule has 0 aliphatic heterocycles. The maximum atomic E-state index is 11.6. The zero-order valence-corrected chi connectivity index (χ0v) is 20.0. The van der Waals surface area contributed by atoms with Gasteiger partial charge in [0.25, 0.3) is 0 Å². The summed E-state index contributed by atoms with van der Waals surface area (Å²) >= 11 is 0. The average Bonchev–Trinajstić information content (AvgIpc) is 3.04. The molecule has 3 N–H and O–H groups in total. The minimum Gasteiger partial charge on any atom is -0.393 e. The van der Waals surface area contributed by atoms with Gasteiger partial charge in [-0.2, -0.15) is 0 Å². The van der Waals surface area contributed by atoms with Gasteiger partial charge in [-0.1, -0.05) is 39.3 Å². The van der Waals surface area contributed by atoms with Crippen molar-refractivity contribution in [1.82, 2.24) is 0 Å². The van der Waals surface area contributed by atoms with Crippen molar-refractivity contribution in [2.75, 3.05) is 0 Å². The van der Waals surface area contributed by atoms with Gasteiger partial charge in [0.1, 0.15) is 0 Å². The molecule has 0 bridgehead atoms. The molecule has 172 valence electrons. The lowest BCUT2D eigenvalue weighted by molar-refractivity contribution is -0.151. The van der Waals surface area contributed by atoms with Crippen molar-refractivity contribution in [1.29, 1.82) is 0 Å². The predicted octanol–water partition coefficient (Wildman–Crippen LogP) is 5.47. The van der Waals surface area contributed by atoms with Gasteiger partial charge >= 0.3 is 0 Å². The van der Waals surface area contributed by atoms with Crippen LogP contribution in [0.1, 0.15) is 98.8 Å². The van der Waals surface area contributed by atoms with E-state index in [0.717, 1.165) is 44.4 Å². The summed E-state index contributed by atoms with van der Waals surface area (Å²) in [4.78, 5) is 0. The maximum absolute atomic E-state index is 11.6. The molecule has 0 aromatic rings. The highest BCUT2D eigenvalue weighted by atomic mass is 16.3. The van der Waals surface area contributed by atoms with Crippen molar-refractivity contribution >= 4 is 0 Å². The molecule has 9 atom stereocenters. The van der Waals surface area contributed by atoms with E-state index in [0.29, 0.717) is 24.2 Å². The van der Waals surface area contributed by atoms with Gasteiger partial charge in [-0.3, -0.25) is 0 Å². The van der Waals surface area contributed by atoms with Gasteiger partial charge in [0, 0.05) is 0 Å². The topological polar surface area (TPSA) is 60.7 Å². The molecule has 3 heteroatoms. The van der Waals surface area contributed by atoms with E-state index >= 15 is 0 Å². The SMILES string of the molecule is CC(C)CCC(O)[C@@](C)(O)[C@H]1CC[C@H]2[C@@H]3CC=C4CC(O)CC[C@]4(C)[C@H]3CC[C@@]21C. The number of fused-ring (bicyclic) bond motifs is 5. The highest BCUT2D eigenvalue weighted by molar-refractivity contribution is 5.25. The zero-order valence-electron chi connectivity index (χ0n) is 20.0. The summed E-state index contributed by atoms with van der Waals surface area (Å²) in [5, 5.41) is 32.7. The van der Waals surface area contributed by atoms with E-state index in [4.69, 9.17) is 0 Å². The maximum Gasteiger partial charge on any atom is 0.0910 e. The Hall–Kier alpha value is -0.380. The number of aliphatic hydroxyl groups excluding tert-OH is 2. The van der Waals surface area contributed by atoms with E-state index in [-0.39, 0.29) is 22.9 Å². The fraction of sp³-hybridized carbons (Fsp3) is 0.926. The third-order valence-electron chi connectivity index (χ3n) is 10.5. The minimum atomic E-state index is -1.00. The fourth-order valence-electron chi connectivity index (χ4n) is 8.62. The quantitative estimate of drug-likeness (QED) is 0.519. The lowest BCUT2D eigenvalue weighted by atomic mass is 9.46. The van der Waals surface area contributed by atoms with Gasteiger partial charge in [-0.25, -0.2) is 0 Å². The predicted molar refractivity (Wildman–Crippen MR) is 122 cm³/mol. The molecule has 0 amide bonds. The molecule has 0 spiro atoms. The zero-order chi connectivity index (χ0) is 21.9. The molecule has 3 nitrogen and oxygen atoms in total. The Labute approximate surface area is 184 Å². The van der Waals surface area contributed by atoms with Crippen LogP contribution in [0.15, 0.2) is 11.6 Å². The number of aliphatic hydroxyl groups is 3. The van der Waals surface area contributed by atoms with Gasteiger partial charge in [0.05, 0.1) is 17.8 Å². The first kappa shape index (κ1) is 22.8. The molecule has 0 heterocycles. The van der Waals surface area contributed by atoms with Gasteiger partial charge < -0.3 is 15.3 Å². The summed E-state index contributed by atoms with van der Waals surface area (Å²) in [6.07, 6.45) is 12.1. The van der Waals surface area contributed by atoms with Crippen LogP contribution in [0.3, 0.4) is 0 Å². The minimum absolute atomic E-state index is 0.124. The van der Waals surface area contributed by atoms with Crippen molar-refractivity contribution in [2.24, 2.45) is 40.4 Å². The Balaban J connectivity index is 1.55. The molecule has 3 fully saturated rings. The lowest BCUT2D eigenvalue weighted by Crippen LogP contribution is -2.55. The third kappa shape index (κ3) is 3.52. The molecule has 3 saturated carbocycles. The van der Waals surface area contributed by atoms with E-state index in [1.54, 1.807) is 0 Å². The molecule has 0 radical (unpaired) electrons. The molecule has 2 unspecified atom stereocenters. The van der Waals surface area contributed by atoms with Crippen LogP contribution in [0, 0.1) is 40.4 Å². The second kappa shape index (κ2) is 7.89.